The topological polar surface area (TPSA) is 92.6 Å². The van der Waals surface area contributed by atoms with Crippen molar-refractivity contribution in [2.75, 3.05) is 19.6 Å². The van der Waals surface area contributed by atoms with Crippen molar-refractivity contribution < 1.29 is 19.4 Å². The summed E-state index contributed by atoms with van der Waals surface area (Å²) >= 11 is 14.4. The number of ether oxygens (including phenoxy) is 1. The van der Waals surface area contributed by atoms with E-state index >= 15 is 0 Å². The lowest BCUT2D eigenvalue weighted by Gasteiger charge is -2.57. The van der Waals surface area contributed by atoms with Gasteiger partial charge in [-0.15, -0.1) is 0 Å². The van der Waals surface area contributed by atoms with Gasteiger partial charge in [-0.25, -0.2) is 0 Å². The molecular formula is C68H102Cl3N3O4. The van der Waals surface area contributed by atoms with Gasteiger partial charge in [0.05, 0.1) is 6.10 Å². The molecule has 1 N–H and O–H groups in total. The van der Waals surface area contributed by atoms with E-state index in [2.05, 4.69) is 146 Å². The van der Waals surface area contributed by atoms with Crippen molar-refractivity contribution in [1.29, 1.82) is 0 Å². The molecule has 0 saturated heterocycles. The highest BCUT2D eigenvalue weighted by Gasteiger charge is 2.58. The fourth-order valence-electron chi connectivity index (χ4n) is 16.3. The molecule has 0 unspecified atom stereocenters. The SMILES string of the molecule is CC(=O)CCC(C)C.CC(C)CCC(=O)O[C@H]1CC[C@@]2(C)C(=CC[C@@H]3[C@@H]2CC[C@]2(C)C(c4cccnc4)=CC[C@@H]32)C1.CCN(CC)CC.C[C@]12CC[C@H](O)CC1=CC[C@@H]1[C@@H]2CC[C@]2(C)C(c3cccnc3)=CC[C@@H]12.ClC(Cl)Cl. The monoisotopic (exact) mass is 1130 g/mol. The van der Waals surface area contributed by atoms with E-state index in [0.29, 0.717) is 34.9 Å². The molecule has 0 aliphatic heterocycles. The molecule has 4 saturated carbocycles. The number of hydrogen-bond donors (Lipinski definition) is 1. The number of esters is 1. The van der Waals surface area contributed by atoms with Gasteiger partial charge in [0.1, 0.15) is 11.9 Å². The Morgan fingerprint density at radius 1 is 0.628 bits per heavy atom. The quantitative estimate of drug-likeness (QED) is 0.129. The summed E-state index contributed by atoms with van der Waals surface area (Å²) in [5, 5.41) is 10.2. The maximum absolute atomic E-state index is 12.3. The van der Waals surface area contributed by atoms with E-state index in [1.54, 1.807) is 23.6 Å². The maximum Gasteiger partial charge on any atom is 0.306 e. The minimum atomic E-state index is -0.750. The first-order valence-corrected chi connectivity index (χ1v) is 32.0. The molecule has 2 aromatic heterocycles. The number of alkyl halides is 3. The lowest BCUT2D eigenvalue weighted by Crippen LogP contribution is -2.50. The summed E-state index contributed by atoms with van der Waals surface area (Å²) in [4.78, 5) is 33.8. The highest BCUT2D eigenvalue weighted by molar-refractivity contribution is 6.63. The fraction of sp³-hybridized carbons (Fsp3) is 0.706. The van der Waals surface area contributed by atoms with Gasteiger partial charge in [-0.2, -0.15) is 0 Å². The lowest BCUT2D eigenvalue weighted by atomic mass is 9.47. The third kappa shape index (κ3) is 15.4. The van der Waals surface area contributed by atoms with Crippen LogP contribution in [0.5, 0.6) is 0 Å². The van der Waals surface area contributed by atoms with Crippen LogP contribution in [0.25, 0.3) is 11.1 Å². The summed E-state index contributed by atoms with van der Waals surface area (Å²) in [6.45, 7) is 30.4. The molecule has 434 valence electrons. The Morgan fingerprint density at radius 3 is 1.46 bits per heavy atom. The summed E-state index contributed by atoms with van der Waals surface area (Å²) in [6.07, 6.45) is 37.5. The molecule has 0 bridgehead atoms. The van der Waals surface area contributed by atoms with Gasteiger partial charge >= 0.3 is 5.97 Å². The number of fused-ring (bicyclic) bond motifs is 10. The van der Waals surface area contributed by atoms with Crippen LogP contribution in [0, 0.1) is 69.0 Å². The highest BCUT2D eigenvalue weighted by Crippen LogP contribution is 2.68. The van der Waals surface area contributed by atoms with Crippen LogP contribution in [0.15, 0.2) is 84.5 Å². The number of halogens is 3. The third-order valence-corrected chi connectivity index (χ3v) is 20.9. The Kier molecular flexibility index (Phi) is 23.9. The number of rotatable bonds is 12. The van der Waals surface area contributed by atoms with Crippen LogP contribution in [0.2, 0.25) is 0 Å². The molecule has 8 aliphatic rings. The predicted octanol–water partition coefficient (Wildman–Crippen LogP) is 18.1. The normalized spacial score (nSPS) is 33.1. The second-order valence-electron chi connectivity index (χ2n) is 26.3. The van der Waals surface area contributed by atoms with Crippen LogP contribution in [0.4, 0.5) is 0 Å². The van der Waals surface area contributed by atoms with Crippen molar-refractivity contribution in [3.63, 3.8) is 0 Å². The molecule has 78 heavy (non-hydrogen) atoms. The van der Waals surface area contributed by atoms with Gasteiger partial charge in [0.15, 0.2) is 4.30 Å². The van der Waals surface area contributed by atoms with Crippen molar-refractivity contribution in [2.45, 2.75) is 215 Å². The lowest BCUT2D eigenvalue weighted by molar-refractivity contribution is -0.151. The molecule has 0 radical (unpaired) electrons. The number of hydrogen-bond acceptors (Lipinski definition) is 7. The Bertz CT molecular complexity index is 2360. The number of allylic oxidation sites excluding steroid dienone is 6. The van der Waals surface area contributed by atoms with E-state index in [-0.39, 0.29) is 29.0 Å². The molecule has 10 rings (SSSR count). The van der Waals surface area contributed by atoms with E-state index in [0.717, 1.165) is 86.9 Å². The molecule has 2 aromatic rings. The minimum Gasteiger partial charge on any atom is -0.462 e. The Labute approximate surface area is 488 Å². The molecule has 2 heterocycles. The van der Waals surface area contributed by atoms with E-state index in [9.17, 15) is 14.7 Å². The largest absolute Gasteiger partial charge is 0.462 e. The number of aliphatic hydroxyl groups excluding tert-OH is 1. The second kappa shape index (κ2) is 28.9. The van der Waals surface area contributed by atoms with E-state index in [1.807, 2.05) is 18.6 Å². The fourth-order valence-corrected chi connectivity index (χ4v) is 16.3. The van der Waals surface area contributed by atoms with Crippen molar-refractivity contribution in [2.24, 2.45) is 69.0 Å². The first-order chi connectivity index (χ1) is 37.0. The van der Waals surface area contributed by atoms with Gasteiger partial charge in [0.25, 0.3) is 0 Å². The number of pyridine rings is 2. The molecular weight excluding hydrogens is 1030 g/mol. The molecule has 12 atom stereocenters. The Hall–Kier alpha value is -2.81. The van der Waals surface area contributed by atoms with Crippen molar-refractivity contribution in [3.8, 4) is 0 Å². The molecule has 0 spiro atoms. The summed E-state index contributed by atoms with van der Waals surface area (Å²) < 4.78 is 5.18. The molecule has 0 amide bonds. The van der Waals surface area contributed by atoms with E-state index in [1.165, 1.54) is 94.1 Å². The average molecular weight is 1130 g/mol. The zero-order valence-corrected chi connectivity index (χ0v) is 52.5. The zero-order chi connectivity index (χ0) is 57.0. The second-order valence-corrected chi connectivity index (χ2v) is 28.3. The molecule has 4 fully saturated rings. The van der Waals surface area contributed by atoms with Gasteiger partial charge in [-0.3, -0.25) is 14.8 Å². The maximum atomic E-state index is 12.3. The van der Waals surface area contributed by atoms with E-state index < -0.39 is 4.30 Å². The first kappa shape index (κ1) is 64.4. The Morgan fingerprint density at radius 2 is 1.06 bits per heavy atom. The molecule has 7 nitrogen and oxygen atoms in total. The number of aromatic nitrogens is 2. The average Bonchev–Trinajstić information content (AvgIpc) is 3.94. The standard InChI is InChI=1S/C30H41NO2.C24H31NO.C7H14O.C6H15N.CHCl3/c1-20(2)7-12-28(32)33-23-13-15-29(3)22(18-23)8-9-24-26-11-10-25(21-6-5-17-31-19-21)30(26,4)16-14-27(24)29;1-23-11-9-18(26)14-17(23)5-6-19-21-8-7-20(16-4-3-13-25-15-16)24(21,2)12-10-22(19)23;1-6(2)4-5-7(3)8;1-4-7(5-2)6-3;2-1(3)4/h5-6,8,10,17,19-20,23-24,26-27H,7,9,11-16,18H2,1-4H3;3-5,7,13,15,18-19,21-22,26H,6,8-12,14H2,1-2H3;6H,4-5H2,1-3H3;4-6H2,1-3H3;1H/t23-,24-,26-,27-,29-,30+;18-,19-,21-,22-,23-,24+;;;/m00.../s1. The molecule has 0 aromatic carbocycles. The third-order valence-electron chi connectivity index (χ3n) is 20.9. The van der Waals surface area contributed by atoms with Gasteiger partial charge < -0.3 is 19.5 Å². The summed E-state index contributed by atoms with van der Waals surface area (Å²) in [5.41, 5.74) is 10.1. The summed E-state index contributed by atoms with van der Waals surface area (Å²) in [7, 11) is 0. The van der Waals surface area contributed by atoms with Gasteiger partial charge in [-0.05, 0) is 226 Å². The highest BCUT2D eigenvalue weighted by atomic mass is 35.6. The van der Waals surface area contributed by atoms with Crippen molar-refractivity contribution in [1.82, 2.24) is 14.9 Å². The number of Topliss-reactive ketones (excluding diaryl/α,β-unsaturated/α-hetero) is 1. The van der Waals surface area contributed by atoms with Crippen molar-refractivity contribution >= 4 is 57.7 Å². The van der Waals surface area contributed by atoms with Gasteiger partial charge in [0, 0.05) is 44.0 Å². The Balaban J connectivity index is 0.000000193. The number of ketones is 1. The van der Waals surface area contributed by atoms with Crippen LogP contribution in [0.3, 0.4) is 0 Å². The van der Waals surface area contributed by atoms with Gasteiger partial charge in [-0.1, -0.05) is 159 Å². The minimum absolute atomic E-state index is 0.0000156. The molecule has 10 heteroatoms. The summed E-state index contributed by atoms with van der Waals surface area (Å²) in [6, 6.07) is 8.62. The van der Waals surface area contributed by atoms with Crippen LogP contribution in [-0.2, 0) is 14.3 Å². The number of carbonyl (C=O) groups excluding carboxylic acids is 2. The van der Waals surface area contributed by atoms with Crippen LogP contribution in [-0.4, -0.2) is 67.9 Å². The number of aliphatic hydroxyl groups is 1. The smallest absolute Gasteiger partial charge is 0.306 e. The first-order valence-electron chi connectivity index (χ1n) is 30.7. The van der Waals surface area contributed by atoms with Crippen LogP contribution < -0.4 is 0 Å². The number of carbonyl (C=O) groups is 2. The van der Waals surface area contributed by atoms with Crippen LogP contribution >= 0.6 is 34.8 Å². The molecule has 8 aliphatic carbocycles. The number of nitrogens with zero attached hydrogens (tertiary/aromatic N) is 3. The zero-order valence-electron chi connectivity index (χ0n) is 50.3. The van der Waals surface area contributed by atoms with Crippen molar-refractivity contribution in [3.05, 3.63) is 95.6 Å². The van der Waals surface area contributed by atoms with Crippen LogP contribution in [0.1, 0.15) is 210 Å². The van der Waals surface area contributed by atoms with Gasteiger partial charge in [0.2, 0.25) is 0 Å². The van der Waals surface area contributed by atoms with E-state index in [4.69, 9.17) is 39.5 Å². The summed E-state index contributed by atoms with van der Waals surface area (Å²) in [5.74, 6) is 6.12. The predicted molar refractivity (Wildman–Crippen MR) is 328 cm³/mol.